The van der Waals surface area contributed by atoms with Crippen molar-refractivity contribution in [3.8, 4) is 0 Å². The van der Waals surface area contributed by atoms with Crippen LogP contribution in [0.3, 0.4) is 0 Å². The maximum Gasteiger partial charge on any atom is 0.253 e. The number of thiazole rings is 1. The van der Waals surface area contributed by atoms with E-state index in [9.17, 15) is 4.79 Å². The molecule has 1 unspecified atom stereocenters. The van der Waals surface area contributed by atoms with Crippen molar-refractivity contribution >= 4 is 56.2 Å². The second-order valence-electron chi connectivity index (χ2n) is 6.05. The van der Waals surface area contributed by atoms with Gasteiger partial charge in [-0.25, -0.2) is 10.4 Å². The van der Waals surface area contributed by atoms with E-state index >= 15 is 0 Å². The minimum atomic E-state index is -0.278. The van der Waals surface area contributed by atoms with E-state index in [1.807, 2.05) is 61.5 Å². The van der Waals surface area contributed by atoms with Crippen LogP contribution in [-0.4, -0.2) is 22.4 Å². The standard InChI is InChI=1S/C21H17N3OS2/c1-14(26-21-23-18-8-4-5-9-19(18)27-21)20(25)24-22-13-15-10-11-16-6-2-3-7-17(16)12-15/h2-14H,1H3,(H,24,25)/b22-13+. The van der Waals surface area contributed by atoms with Crippen molar-refractivity contribution in [1.29, 1.82) is 0 Å². The summed E-state index contributed by atoms with van der Waals surface area (Å²) in [6.45, 7) is 1.86. The number of benzene rings is 3. The number of thioether (sulfide) groups is 1. The Bertz CT molecular complexity index is 1100. The Labute approximate surface area is 165 Å². The number of nitrogens with zero attached hydrogens (tertiary/aromatic N) is 2. The third-order valence-corrected chi connectivity index (χ3v) is 6.31. The maximum atomic E-state index is 12.3. The lowest BCUT2D eigenvalue weighted by atomic mass is 10.1. The van der Waals surface area contributed by atoms with Gasteiger partial charge in [0.2, 0.25) is 0 Å². The van der Waals surface area contributed by atoms with Gasteiger partial charge in [-0.05, 0) is 41.5 Å². The number of carbonyl (C=O) groups is 1. The molecule has 0 spiro atoms. The molecule has 0 saturated carbocycles. The van der Waals surface area contributed by atoms with Crippen molar-refractivity contribution in [2.45, 2.75) is 16.5 Å². The van der Waals surface area contributed by atoms with Crippen molar-refractivity contribution < 1.29 is 4.79 Å². The van der Waals surface area contributed by atoms with Crippen LogP contribution in [0.1, 0.15) is 12.5 Å². The second kappa shape index (κ2) is 7.90. The van der Waals surface area contributed by atoms with E-state index in [1.54, 1.807) is 17.6 Å². The molecule has 0 saturated heterocycles. The number of hydrazone groups is 1. The first-order valence-corrected chi connectivity index (χ1v) is 10.2. The van der Waals surface area contributed by atoms with Crippen molar-refractivity contribution in [3.63, 3.8) is 0 Å². The van der Waals surface area contributed by atoms with Crippen molar-refractivity contribution in [2.75, 3.05) is 0 Å². The average molecular weight is 392 g/mol. The van der Waals surface area contributed by atoms with Gasteiger partial charge in [0.25, 0.3) is 5.91 Å². The topological polar surface area (TPSA) is 54.4 Å². The molecule has 0 bridgehead atoms. The summed E-state index contributed by atoms with van der Waals surface area (Å²) in [7, 11) is 0. The molecule has 1 atom stereocenters. The number of aromatic nitrogens is 1. The normalized spacial score (nSPS) is 12.6. The number of rotatable bonds is 5. The minimum absolute atomic E-state index is 0.142. The molecule has 27 heavy (non-hydrogen) atoms. The summed E-state index contributed by atoms with van der Waals surface area (Å²) in [6.07, 6.45) is 1.67. The fraction of sp³-hybridized carbons (Fsp3) is 0.0952. The monoisotopic (exact) mass is 391 g/mol. The fourth-order valence-electron chi connectivity index (χ4n) is 2.66. The summed E-state index contributed by atoms with van der Waals surface area (Å²) in [6, 6.07) is 22.2. The van der Waals surface area contributed by atoms with Gasteiger partial charge in [0, 0.05) is 0 Å². The number of para-hydroxylation sites is 1. The zero-order valence-electron chi connectivity index (χ0n) is 14.6. The first-order valence-electron chi connectivity index (χ1n) is 8.53. The van der Waals surface area contributed by atoms with Crippen LogP contribution >= 0.6 is 23.1 Å². The Hall–Kier alpha value is -2.70. The number of carbonyl (C=O) groups excluding carboxylic acids is 1. The summed E-state index contributed by atoms with van der Waals surface area (Å²) in [5.74, 6) is -0.142. The van der Waals surface area contributed by atoms with Crippen LogP contribution < -0.4 is 5.43 Å². The molecular formula is C21H17N3OS2. The summed E-state index contributed by atoms with van der Waals surface area (Å²) in [5.41, 5.74) is 4.53. The Morgan fingerprint density at radius 3 is 2.74 bits per heavy atom. The van der Waals surface area contributed by atoms with E-state index in [0.717, 1.165) is 25.5 Å². The fourth-order valence-corrected chi connectivity index (χ4v) is 4.86. The summed E-state index contributed by atoms with van der Waals surface area (Å²) >= 11 is 3.05. The van der Waals surface area contributed by atoms with Crippen LogP contribution in [0.15, 0.2) is 76.2 Å². The quantitative estimate of drug-likeness (QED) is 0.293. The second-order valence-corrected chi connectivity index (χ2v) is 8.67. The first kappa shape index (κ1) is 17.7. The molecule has 1 N–H and O–H groups in total. The molecule has 6 heteroatoms. The molecular weight excluding hydrogens is 374 g/mol. The lowest BCUT2D eigenvalue weighted by Gasteiger charge is -2.06. The average Bonchev–Trinajstić information content (AvgIpc) is 3.10. The van der Waals surface area contributed by atoms with Gasteiger partial charge in [-0.2, -0.15) is 5.10 Å². The molecule has 4 rings (SSSR count). The molecule has 1 amide bonds. The number of fused-ring (bicyclic) bond motifs is 2. The highest BCUT2D eigenvalue weighted by molar-refractivity contribution is 8.02. The third-order valence-electron chi connectivity index (χ3n) is 4.08. The van der Waals surface area contributed by atoms with E-state index in [-0.39, 0.29) is 11.2 Å². The Morgan fingerprint density at radius 2 is 1.89 bits per heavy atom. The van der Waals surface area contributed by atoms with Gasteiger partial charge in [-0.1, -0.05) is 60.3 Å². The van der Waals surface area contributed by atoms with Crippen molar-refractivity contribution in [2.24, 2.45) is 5.10 Å². The number of amides is 1. The van der Waals surface area contributed by atoms with Crippen molar-refractivity contribution in [1.82, 2.24) is 10.4 Å². The van der Waals surface area contributed by atoms with Crippen molar-refractivity contribution in [3.05, 3.63) is 72.3 Å². The number of nitrogens with one attached hydrogen (secondary N) is 1. The molecule has 0 aliphatic carbocycles. The zero-order chi connectivity index (χ0) is 18.6. The highest BCUT2D eigenvalue weighted by atomic mass is 32.2. The summed E-state index contributed by atoms with van der Waals surface area (Å²) in [4.78, 5) is 16.9. The maximum absolute atomic E-state index is 12.3. The smallest absolute Gasteiger partial charge is 0.253 e. The minimum Gasteiger partial charge on any atom is -0.272 e. The Balaban J connectivity index is 1.38. The lowest BCUT2D eigenvalue weighted by molar-refractivity contribution is -0.120. The first-order chi connectivity index (χ1) is 13.2. The molecule has 0 aliphatic rings. The lowest BCUT2D eigenvalue weighted by Crippen LogP contribution is -2.26. The molecule has 4 aromatic rings. The van der Waals surface area contributed by atoms with Gasteiger partial charge >= 0.3 is 0 Å². The van der Waals surface area contributed by atoms with Gasteiger partial charge in [-0.15, -0.1) is 11.3 Å². The summed E-state index contributed by atoms with van der Waals surface area (Å²) < 4.78 is 2.01. The van der Waals surface area contributed by atoms with Crippen LogP contribution in [0.25, 0.3) is 21.0 Å². The van der Waals surface area contributed by atoms with Crippen LogP contribution in [0.4, 0.5) is 0 Å². The molecule has 134 valence electrons. The van der Waals surface area contributed by atoms with Gasteiger partial charge in [0.1, 0.15) is 0 Å². The van der Waals surface area contributed by atoms with Crippen LogP contribution in [0, 0.1) is 0 Å². The summed E-state index contributed by atoms with van der Waals surface area (Å²) in [5, 5.41) is 6.15. The molecule has 1 aromatic heterocycles. The predicted molar refractivity (Wildman–Crippen MR) is 115 cm³/mol. The Kier molecular flexibility index (Phi) is 5.18. The van der Waals surface area contributed by atoms with E-state index in [4.69, 9.17) is 0 Å². The molecule has 3 aromatic carbocycles. The number of hydrogen-bond donors (Lipinski definition) is 1. The highest BCUT2D eigenvalue weighted by Gasteiger charge is 2.16. The van der Waals surface area contributed by atoms with E-state index < -0.39 is 0 Å². The van der Waals surface area contributed by atoms with E-state index in [1.165, 1.54) is 17.1 Å². The van der Waals surface area contributed by atoms with Gasteiger partial charge in [0.05, 0.1) is 21.7 Å². The van der Waals surface area contributed by atoms with Gasteiger partial charge in [0.15, 0.2) is 4.34 Å². The van der Waals surface area contributed by atoms with Gasteiger partial charge < -0.3 is 0 Å². The van der Waals surface area contributed by atoms with E-state index in [2.05, 4.69) is 27.6 Å². The number of hydrogen-bond acceptors (Lipinski definition) is 5. The van der Waals surface area contributed by atoms with Crippen LogP contribution in [0.2, 0.25) is 0 Å². The van der Waals surface area contributed by atoms with Crippen LogP contribution in [0.5, 0.6) is 0 Å². The zero-order valence-corrected chi connectivity index (χ0v) is 16.3. The largest absolute Gasteiger partial charge is 0.272 e. The molecule has 0 fully saturated rings. The Morgan fingerprint density at radius 1 is 1.11 bits per heavy atom. The van der Waals surface area contributed by atoms with Crippen LogP contribution in [-0.2, 0) is 4.79 Å². The predicted octanol–water partition coefficient (Wildman–Crippen LogP) is 5.08. The molecule has 0 aliphatic heterocycles. The highest BCUT2D eigenvalue weighted by Crippen LogP contribution is 2.31. The molecule has 4 nitrogen and oxygen atoms in total. The molecule has 0 radical (unpaired) electrons. The van der Waals surface area contributed by atoms with E-state index in [0.29, 0.717) is 0 Å². The third kappa shape index (κ3) is 4.18. The SMILES string of the molecule is CC(Sc1nc2ccccc2s1)C(=O)N/N=C/c1ccc2ccccc2c1. The molecule has 1 heterocycles. The van der Waals surface area contributed by atoms with Gasteiger partial charge in [-0.3, -0.25) is 4.79 Å².